The van der Waals surface area contributed by atoms with Crippen LogP contribution in [-0.4, -0.2) is 18.5 Å². The van der Waals surface area contributed by atoms with Crippen LogP contribution in [-0.2, 0) is 4.74 Å². The van der Waals surface area contributed by atoms with Gasteiger partial charge in [0.15, 0.2) is 0 Å². The first-order valence-corrected chi connectivity index (χ1v) is 13.2. The lowest BCUT2D eigenvalue weighted by Gasteiger charge is -2.62. The summed E-state index contributed by atoms with van der Waals surface area (Å²) < 4.78 is 6.44. The highest BCUT2D eigenvalue weighted by Gasteiger charge is 2.58. The fourth-order valence-corrected chi connectivity index (χ4v) is 8.68. The van der Waals surface area contributed by atoms with Crippen molar-refractivity contribution in [3.8, 4) is 0 Å². The smallest absolute Gasteiger partial charge is 0.217 e. The molecule has 2 nitrogen and oxygen atoms in total. The van der Waals surface area contributed by atoms with Crippen molar-refractivity contribution < 1.29 is 4.74 Å². The van der Waals surface area contributed by atoms with Crippen molar-refractivity contribution in [2.75, 3.05) is 6.61 Å². The molecular weight excluding hydrogens is 409 g/mol. The number of nitrogens with zero attached hydrogens (tertiary/aromatic N) is 1. The van der Waals surface area contributed by atoms with Gasteiger partial charge >= 0.3 is 0 Å². The van der Waals surface area contributed by atoms with Crippen molar-refractivity contribution in [2.45, 2.75) is 32.7 Å². The van der Waals surface area contributed by atoms with Crippen LogP contribution in [0.15, 0.2) is 89.9 Å². The van der Waals surface area contributed by atoms with Gasteiger partial charge in [-0.25, -0.2) is 4.99 Å². The molecular formula is C29H30NOP. The molecule has 1 heterocycles. The molecule has 4 aliphatic rings. The maximum Gasteiger partial charge on any atom is 0.217 e. The van der Waals surface area contributed by atoms with Crippen LogP contribution in [0.2, 0.25) is 0 Å². The van der Waals surface area contributed by atoms with E-state index in [0.29, 0.717) is 17.4 Å². The number of hydrogen-bond donors (Lipinski definition) is 0. The molecule has 1 aliphatic heterocycles. The van der Waals surface area contributed by atoms with E-state index in [9.17, 15) is 0 Å². The Morgan fingerprint density at radius 3 is 2.09 bits per heavy atom. The Bertz CT molecular complexity index is 1100. The minimum atomic E-state index is -0.687. The molecule has 0 unspecified atom stereocenters. The zero-order chi connectivity index (χ0) is 21.7. The van der Waals surface area contributed by atoms with Gasteiger partial charge in [-0.3, -0.25) is 0 Å². The summed E-state index contributed by atoms with van der Waals surface area (Å²) in [5.41, 5.74) is 1.63. The summed E-state index contributed by atoms with van der Waals surface area (Å²) in [4.78, 5) is 5.26. The first-order valence-electron chi connectivity index (χ1n) is 11.8. The van der Waals surface area contributed by atoms with Crippen molar-refractivity contribution in [1.29, 1.82) is 0 Å². The zero-order valence-electron chi connectivity index (χ0n) is 18.8. The Hall–Kier alpha value is -2.44. The summed E-state index contributed by atoms with van der Waals surface area (Å²) in [6.07, 6.45) is 2.58. The maximum atomic E-state index is 6.44. The monoisotopic (exact) mass is 439 g/mol. The molecule has 3 saturated carbocycles. The van der Waals surface area contributed by atoms with Gasteiger partial charge in [0.25, 0.3) is 0 Å². The van der Waals surface area contributed by atoms with E-state index in [1.54, 1.807) is 0 Å². The van der Waals surface area contributed by atoms with E-state index in [1.807, 2.05) is 0 Å². The summed E-state index contributed by atoms with van der Waals surface area (Å²) in [5.74, 6) is 3.02. The molecule has 3 heteroatoms. The molecule has 3 aliphatic carbocycles. The van der Waals surface area contributed by atoms with E-state index in [-0.39, 0.29) is 0 Å². The lowest BCUT2D eigenvalue weighted by atomic mass is 9.44. The van der Waals surface area contributed by atoms with Gasteiger partial charge in [-0.1, -0.05) is 92.7 Å². The molecule has 0 spiro atoms. The highest BCUT2D eigenvalue weighted by atomic mass is 31.1. The van der Waals surface area contributed by atoms with Crippen LogP contribution >= 0.6 is 7.92 Å². The molecule has 2 bridgehead atoms. The van der Waals surface area contributed by atoms with Crippen LogP contribution in [0.3, 0.4) is 0 Å². The van der Waals surface area contributed by atoms with E-state index in [2.05, 4.69) is 98.8 Å². The van der Waals surface area contributed by atoms with Crippen LogP contribution in [0.5, 0.6) is 0 Å². The van der Waals surface area contributed by atoms with Crippen molar-refractivity contribution >= 4 is 29.7 Å². The largest absolute Gasteiger partial charge is 0.477 e. The SMILES string of the molecule is CC1(C)[C@H]2C[C@@H]3N=C(c4ccccc4P(c4ccccc4)c4ccccc4)OC[C@@H]3[C@@H]1C2. The first-order chi connectivity index (χ1) is 15.6. The molecule has 162 valence electrons. The molecule has 4 atom stereocenters. The number of benzene rings is 3. The van der Waals surface area contributed by atoms with Gasteiger partial charge in [0.05, 0.1) is 12.6 Å². The molecule has 0 aromatic heterocycles. The molecule has 7 rings (SSSR count). The molecule has 32 heavy (non-hydrogen) atoms. The summed E-state index contributed by atoms with van der Waals surface area (Å²) in [5, 5.41) is 4.05. The van der Waals surface area contributed by atoms with Gasteiger partial charge in [-0.15, -0.1) is 0 Å². The molecule has 0 saturated heterocycles. The Labute approximate surface area is 192 Å². The Balaban J connectivity index is 1.41. The maximum absolute atomic E-state index is 6.44. The fraction of sp³-hybridized carbons (Fsp3) is 0.345. The fourth-order valence-electron chi connectivity index (χ4n) is 6.23. The van der Waals surface area contributed by atoms with Crippen molar-refractivity contribution in [3.63, 3.8) is 0 Å². The summed E-state index contributed by atoms with van der Waals surface area (Å²) >= 11 is 0. The average molecular weight is 440 g/mol. The quantitative estimate of drug-likeness (QED) is 0.508. The molecule has 0 N–H and O–H groups in total. The van der Waals surface area contributed by atoms with E-state index in [0.717, 1.165) is 24.3 Å². The van der Waals surface area contributed by atoms with Gasteiger partial charge in [0, 0.05) is 11.5 Å². The predicted molar refractivity (Wildman–Crippen MR) is 135 cm³/mol. The number of ether oxygens (including phenoxy) is 1. The third-order valence-corrected chi connectivity index (χ3v) is 10.7. The second-order valence-corrected chi connectivity index (χ2v) is 12.3. The normalized spacial score (nSPS) is 27.7. The summed E-state index contributed by atoms with van der Waals surface area (Å²) in [7, 11) is -0.687. The minimum absolute atomic E-state index is 0.420. The average Bonchev–Trinajstić information content (AvgIpc) is 2.85. The van der Waals surface area contributed by atoms with Gasteiger partial charge in [0.1, 0.15) is 0 Å². The van der Waals surface area contributed by atoms with Gasteiger partial charge in [-0.05, 0) is 60.0 Å². The molecule has 3 aromatic carbocycles. The van der Waals surface area contributed by atoms with E-state index < -0.39 is 7.92 Å². The highest BCUT2D eigenvalue weighted by Crippen LogP contribution is 2.62. The number of aliphatic imine (C=N–C) groups is 1. The van der Waals surface area contributed by atoms with Crippen LogP contribution < -0.4 is 15.9 Å². The van der Waals surface area contributed by atoms with Crippen LogP contribution in [0.4, 0.5) is 0 Å². The summed E-state index contributed by atoms with van der Waals surface area (Å²) in [6.45, 7) is 5.71. The second kappa shape index (κ2) is 7.85. The van der Waals surface area contributed by atoms with Gasteiger partial charge < -0.3 is 4.74 Å². The predicted octanol–water partition coefficient (Wildman–Crippen LogP) is 5.27. The third-order valence-electron chi connectivity index (χ3n) is 8.18. The van der Waals surface area contributed by atoms with E-state index in [4.69, 9.17) is 9.73 Å². The van der Waals surface area contributed by atoms with E-state index >= 15 is 0 Å². The molecule has 3 fully saturated rings. The Morgan fingerprint density at radius 1 is 0.812 bits per heavy atom. The lowest BCUT2D eigenvalue weighted by Crippen LogP contribution is -2.59. The highest BCUT2D eigenvalue weighted by molar-refractivity contribution is 7.80. The van der Waals surface area contributed by atoms with Gasteiger partial charge in [0.2, 0.25) is 5.90 Å². The number of hydrogen-bond acceptors (Lipinski definition) is 2. The number of rotatable bonds is 4. The van der Waals surface area contributed by atoms with Crippen molar-refractivity contribution in [2.24, 2.45) is 28.2 Å². The third kappa shape index (κ3) is 3.23. The standard InChI is InChI=1S/C29H30NOP/c1-29(2)20-17-25(29)24-19-31-28(30-26(24)18-20)23-15-9-10-16-27(23)32(21-11-5-3-6-12-21)22-13-7-4-8-14-22/h3-16,20,24-26H,17-19H2,1-2H3/t20-,24-,25+,26+/m1/s1. The lowest BCUT2D eigenvalue weighted by molar-refractivity contribution is -0.129. The summed E-state index contributed by atoms with van der Waals surface area (Å²) in [6, 6.07) is 31.0. The molecule has 0 amide bonds. The van der Waals surface area contributed by atoms with Gasteiger partial charge in [-0.2, -0.15) is 0 Å². The van der Waals surface area contributed by atoms with Crippen molar-refractivity contribution in [1.82, 2.24) is 0 Å². The van der Waals surface area contributed by atoms with Crippen molar-refractivity contribution in [3.05, 3.63) is 90.5 Å². The molecule has 3 aromatic rings. The first kappa shape index (κ1) is 20.2. The minimum Gasteiger partial charge on any atom is -0.477 e. The van der Waals surface area contributed by atoms with Crippen LogP contribution in [0.25, 0.3) is 0 Å². The molecule has 0 radical (unpaired) electrons. The Morgan fingerprint density at radius 2 is 1.44 bits per heavy atom. The Kier molecular flexibility index (Phi) is 4.95. The second-order valence-electron chi connectivity index (χ2n) is 10.1. The zero-order valence-corrected chi connectivity index (χ0v) is 19.7. The van der Waals surface area contributed by atoms with Crippen LogP contribution in [0.1, 0.15) is 32.3 Å². The van der Waals surface area contributed by atoms with Crippen LogP contribution in [0, 0.1) is 23.2 Å². The topological polar surface area (TPSA) is 21.6 Å². The van der Waals surface area contributed by atoms with E-state index in [1.165, 1.54) is 34.3 Å².